The fraction of sp³-hybridized carbons (Fsp3) is 0.167. The van der Waals surface area contributed by atoms with Gasteiger partial charge in [0, 0.05) is 17.3 Å². The molecule has 9 nitrogen and oxygen atoms in total. The minimum absolute atomic E-state index is 0.214. The summed E-state index contributed by atoms with van der Waals surface area (Å²) in [6, 6.07) is 11.9. The number of benzene rings is 2. The zero-order valence-electron chi connectivity index (χ0n) is 14.5. The number of amides is 1. The molecule has 0 bridgehead atoms. The molecule has 1 aliphatic heterocycles. The Hall–Kier alpha value is -3.42. The molecule has 10 heteroatoms. The van der Waals surface area contributed by atoms with Crippen LogP contribution in [0.1, 0.15) is 5.56 Å². The van der Waals surface area contributed by atoms with Crippen molar-refractivity contribution in [3.8, 4) is 11.8 Å². The minimum atomic E-state index is -4.07. The Bertz CT molecular complexity index is 1070. The maximum absolute atomic E-state index is 12.3. The van der Waals surface area contributed by atoms with Crippen molar-refractivity contribution in [3.63, 3.8) is 0 Å². The van der Waals surface area contributed by atoms with E-state index in [0.29, 0.717) is 24.4 Å². The molecule has 1 amide bonds. The lowest BCUT2D eigenvalue weighted by Gasteiger charge is -2.11. The number of carbonyl (C=O) groups is 1. The summed E-state index contributed by atoms with van der Waals surface area (Å²) in [5, 5.41) is 11.0. The summed E-state index contributed by atoms with van der Waals surface area (Å²) in [6.07, 6.45) is -0.400. The lowest BCUT2D eigenvalue weighted by Crippen LogP contribution is -2.24. The summed E-state index contributed by atoms with van der Waals surface area (Å²) in [5.41, 5.74) is 0.810. The van der Waals surface area contributed by atoms with Gasteiger partial charge >= 0.3 is 6.09 Å². The molecule has 1 heterocycles. The number of ether oxygens (including phenoxy) is 1. The summed E-state index contributed by atoms with van der Waals surface area (Å²) in [6.45, 7) is 0.617. The molecule has 3 rings (SSSR count). The van der Waals surface area contributed by atoms with Crippen LogP contribution in [0.5, 0.6) is 0 Å². The number of para-hydroxylation sites is 1. The van der Waals surface area contributed by atoms with Gasteiger partial charge < -0.3 is 4.74 Å². The van der Waals surface area contributed by atoms with Crippen LogP contribution in [0.2, 0.25) is 0 Å². The highest BCUT2D eigenvalue weighted by atomic mass is 32.2. The number of rotatable bonds is 5. The van der Waals surface area contributed by atoms with Crippen LogP contribution >= 0.6 is 0 Å². The fourth-order valence-corrected chi connectivity index (χ4v) is 3.64. The van der Waals surface area contributed by atoms with Gasteiger partial charge in [0.25, 0.3) is 5.69 Å². The average Bonchev–Trinajstić information content (AvgIpc) is 3.11. The van der Waals surface area contributed by atoms with Crippen LogP contribution in [0.15, 0.2) is 53.4 Å². The standard InChI is InChI=1S/C18H15N3O6S/c22-18-20(12-13-27-18)15-9-7-14(8-10-15)4-3-11-19-28(25,26)17-6-2-1-5-16(17)21(23)24/h1-2,5-10,19H,11-13H2. The van der Waals surface area contributed by atoms with Gasteiger partial charge in [-0.25, -0.2) is 13.2 Å². The summed E-state index contributed by atoms with van der Waals surface area (Å²) < 4.78 is 31.6. The second-order valence-corrected chi connectivity index (χ2v) is 7.40. The molecule has 2 aromatic rings. The van der Waals surface area contributed by atoms with E-state index in [-0.39, 0.29) is 6.54 Å². The third kappa shape index (κ3) is 4.28. The molecule has 0 aromatic heterocycles. The van der Waals surface area contributed by atoms with Gasteiger partial charge in [0.05, 0.1) is 18.0 Å². The Labute approximate surface area is 161 Å². The first kappa shape index (κ1) is 19.3. The average molecular weight is 401 g/mol. The first-order valence-electron chi connectivity index (χ1n) is 8.15. The van der Waals surface area contributed by atoms with Crippen LogP contribution in [0.4, 0.5) is 16.2 Å². The number of nitro groups is 1. The van der Waals surface area contributed by atoms with Gasteiger partial charge in [-0.15, -0.1) is 0 Å². The molecular formula is C18H15N3O6S. The maximum Gasteiger partial charge on any atom is 0.414 e. The van der Waals surface area contributed by atoms with E-state index in [9.17, 15) is 23.3 Å². The van der Waals surface area contributed by atoms with E-state index in [1.54, 1.807) is 24.3 Å². The second kappa shape index (κ2) is 8.08. The molecule has 144 valence electrons. The highest BCUT2D eigenvalue weighted by molar-refractivity contribution is 7.89. The Balaban J connectivity index is 1.65. The predicted molar refractivity (Wildman–Crippen MR) is 100 cm³/mol. The van der Waals surface area contributed by atoms with Crippen molar-refractivity contribution in [3.05, 3.63) is 64.2 Å². The third-order valence-corrected chi connectivity index (χ3v) is 5.32. The van der Waals surface area contributed by atoms with Crippen molar-refractivity contribution < 1.29 is 22.9 Å². The normalized spacial score (nSPS) is 13.6. The van der Waals surface area contributed by atoms with E-state index in [0.717, 1.165) is 12.1 Å². The van der Waals surface area contributed by atoms with Crippen LogP contribution < -0.4 is 9.62 Å². The molecule has 0 radical (unpaired) electrons. The number of carbonyl (C=O) groups excluding carboxylic acids is 1. The van der Waals surface area contributed by atoms with Crippen molar-refractivity contribution in [1.29, 1.82) is 0 Å². The molecule has 0 saturated carbocycles. The Morgan fingerprint density at radius 2 is 1.89 bits per heavy atom. The SMILES string of the molecule is O=C1OCCN1c1ccc(C#CCNS(=O)(=O)c2ccccc2[N+](=O)[O-])cc1. The summed E-state index contributed by atoms with van der Waals surface area (Å²) >= 11 is 0. The highest BCUT2D eigenvalue weighted by Gasteiger charge is 2.24. The van der Waals surface area contributed by atoms with Crippen LogP contribution in [0, 0.1) is 22.0 Å². The smallest absolute Gasteiger partial charge is 0.414 e. The summed E-state index contributed by atoms with van der Waals surface area (Å²) in [4.78, 5) is 22.8. The zero-order valence-corrected chi connectivity index (χ0v) is 15.3. The number of cyclic esters (lactones) is 1. The number of nitrogens with one attached hydrogen (secondary N) is 1. The molecule has 0 unspecified atom stereocenters. The van der Waals surface area contributed by atoms with E-state index in [4.69, 9.17) is 4.74 Å². The summed E-state index contributed by atoms with van der Waals surface area (Å²) in [7, 11) is -4.07. The highest BCUT2D eigenvalue weighted by Crippen LogP contribution is 2.22. The van der Waals surface area contributed by atoms with Crippen LogP contribution in [-0.4, -0.2) is 39.1 Å². The van der Waals surface area contributed by atoms with Crippen LogP contribution in [0.3, 0.4) is 0 Å². The first-order valence-corrected chi connectivity index (χ1v) is 9.63. The fourth-order valence-electron chi connectivity index (χ4n) is 2.54. The number of nitrogens with zero attached hydrogens (tertiary/aromatic N) is 2. The van der Waals surface area contributed by atoms with Crippen molar-refractivity contribution in [2.24, 2.45) is 0 Å². The van der Waals surface area contributed by atoms with Gasteiger partial charge in [-0.3, -0.25) is 15.0 Å². The molecule has 1 aliphatic rings. The number of hydrogen-bond donors (Lipinski definition) is 1. The van der Waals surface area contributed by atoms with Crippen molar-refractivity contribution in [2.75, 3.05) is 24.6 Å². The molecule has 1 N–H and O–H groups in total. The monoisotopic (exact) mass is 401 g/mol. The molecule has 28 heavy (non-hydrogen) atoms. The van der Waals surface area contributed by atoms with Crippen LogP contribution in [-0.2, 0) is 14.8 Å². The first-order chi connectivity index (χ1) is 13.4. The molecule has 0 aliphatic carbocycles. The second-order valence-electron chi connectivity index (χ2n) is 5.66. The van der Waals surface area contributed by atoms with Gasteiger partial charge in [0.15, 0.2) is 4.90 Å². The number of nitro benzene ring substituents is 1. The maximum atomic E-state index is 12.3. The molecule has 1 saturated heterocycles. The molecule has 1 fully saturated rings. The van der Waals surface area contributed by atoms with Crippen molar-refractivity contribution in [2.45, 2.75) is 4.90 Å². The van der Waals surface area contributed by atoms with Gasteiger partial charge in [-0.1, -0.05) is 24.0 Å². The van der Waals surface area contributed by atoms with Gasteiger partial charge in [-0.05, 0) is 30.3 Å². The van der Waals surface area contributed by atoms with E-state index in [2.05, 4.69) is 16.6 Å². The van der Waals surface area contributed by atoms with Crippen molar-refractivity contribution in [1.82, 2.24) is 4.72 Å². The quantitative estimate of drug-likeness (QED) is 0.464. The molecule has 2 aromatic carbocycles. The third-order valence-electron chi connectivity index (χ3n) is 3.87. The lowest BCUT2D eigenvalue weighted by molar-refractivity contribution is -0.387. The molecule has 0 spiro atoms. The largest absolute Gasteiger partial charge is 0.447 e. The Kier molecular flexibility index (Phi) is 5.58. The lowest BCUT2D eigenvalue weighted by atomic mass is 10.2. The van der Waals surface area contributed by atoms with Gasteiger partial charge in [0.1, 0.15) is 6.61 Å². The van der Waals surface area contributed by atoms with Crippen molar-refractivity contribution >= 4 is 27.5 Å². The van der Waals surface area contributed by atoms with E-state index >= 15 is 0 Å². The van der Waals surface area contributed by atoms with Gasteiger partial charge in [-0.2, -0.15) is 4.72 Å². The van der Waals surface area contributed by atoms with E-state index in [1.165, 1.54) is 17.0 Å². The molecular weight excluding hydrogens is 386 g/mol. The number of sulfonamides is 1. The number of anilines is 1. The topological polar surface area (TPSA) is 119 Å². The van der Waals surface area contributed by atoms with E-state index in [1.807, 2.05) is 0 Å². The van der Waals surface area contributed by atoms with E-state index < -0.39 is 31.6 Å². The van der Waals surface area contributed by atoms with Crippen LogP contribution in [0.25, 0.3) is 0 Å². The van der Waals surface area contributed by atoms with Gasteiger partial charge in [0.2, 0.25) is 10.0 Å². The Morgan fingerprint density at radius 3 is 2.54 bits per heavy atom. The Morgan fingerprint density at radius 1 is 1.18 bits per heavy atom. The predicted octanol–water partition coefficient (Wildman–Crippen LogP) is 1.88. The summed E-state index contributed by atoms with van der Waals surface area (Å²) in [5.74, 6) is 5.45. The zero-order chi connectivity index (χ0) is 20.1. The molecule has 0 atom stereocenters. The number of hydrogen-bond acceptors (Lipinski definition) is 6. The minimum Gasteiger partial charge on any atom is -0.447 e.